The molecule has 0 heterocycles. The minimum atomic E-state index is -3.81. The highest BCUT2D eigenvalue weighted by molar-refractivity contribution is 7.89. The van der Waals surface area contributed by atoms with Gasteiger partial charge in [-0.3, -0.25) is 10.2 Å². The maximum absolute atomic E-state index is 12.1. The van der Waals surface area contributed by atoms with Crippen LogP contribution in [0.25, 0.3) is 0 Å². The molecule has 0 aliphatic rings. The molecular weight excluding hydrogens is 328 g/mol. The van der Waals surface area contributed by atoms with Gasteiger partial charge in [-0.1, -0.05) is 30.3 Å². The molecule has 0 saturated carbocycles. The summed E-state index contributed by atoms with van der Waals surface area (Å²) < 4.78 is 29.5. The molecular formula is C17H20N2O4S. The quantitative estimate of drug-likeness (QED) is 0.715. The summed E-state index contributed by atoms with van der Waals surface area (Å²) in [6, 6.07) is 15.5. The van der Waals surface area contributed by atoms with E-state index < -0.39 is 15.9 Å². The van der Waals surface area contributed by atoms with Crippen molar-refractivity contribution >= 4 is 15.9 Å². The molecule has 2 rings (SSSR count). The lowest BCUT2D eigenvalue weighted by Crippen LogP contribution is -2.41. The Labute approximate surface area is 141 Å². The van der Waals surface area contributed by atoms with Crippen LogP contribution in [0.5, 0.6) is 5.75 Å². The van der Waals surface area contributed by atoms with Crippen LogP contribution in [0, 0.1) is 0 Å². The predicted octanol–water partition coefficient (Wildman–Crippen LogP) is 2.03. The number of hydrazine groups is 1. The second-order valence-electron chi connectivity index (χ2n) is 5.04. The number of rotatable bonds is 8. The number of nitrogens with one attached hydrogen (secondary N) is 2. The van der Waals surface area contributed by atoms with Crippen molar-refractivity contribution in [2.45, 2.75) is 24.7 Å². The smallest absolute Gasteiger partial charge is 0.257 e. The highest BCUT2D eigenvalue weighted by Gasteiger charge is 2.15. The Bertz CT molecular complexity index is 759. The second kappa shape index (κ2) is 8.47. The molecule has 0 atom stereocenters. The minimum Gasteiger partial charge on any atom is -0.494 e. The third-order valence-electron chi connectivity index (χ3n) is 3.25. The molecule has 1 amide bonds. The Balaban J connectivity index is 1.86. The van der Waals surface area contributed by atoms with Crippen molar-refractivity contribution in [3.8, 4) is 5.75 Å². The number of carbonyl (C=O) groups excluding carboxylic acids is 1. The molecule has 0 fully saturated rings. The largest absolute Gasteiger partial charge is 0.494 e. The highest BCUT2D eigenvalue weighted by Crippen LogP contribution is 2.15. The van der Waals surface area contributed by atoms with Crippen LogP contribution in [-0.2, 0) is 21.2 Å². The zero-order chi connectivity index (χ0) is 17.4. The molecule has 24 heavy (non-hydrogen) atoms. The Morgan fingerprint density at radius 2 is 1.71 bits per heavy atom. The van der Waals surface area contributed by atoms with Crippen molar-refractivity contribution in [2.24, 2.45) is 0 Å². The van der Waals surface area contributed by atoms with Gasteiger partial charge in [-0.25, -0.2) is 8.42 Å². The number of benzene rings is 2. The summed E-state index contributed by atoms with van der Waals surface area (Å²) in [5, 5.41) is 0. The van der Waals surface area contributed by atoms with Gasteiger partial charge in [-0.2, -0.15) is 0 Å². The Hall–Kier alpha value is -2.38. The molecule has 7 heteroatoms. The number of sulfonamides is 1. The zero-order valence-electron chi connectivity index (χ0n) is 13.4. The first-order valence-corrected chi connectivity index (χ1v) is 9.07. The van der Waals surface area contributed by atoms with Crippen LogP contribution in [0.1, 0.15) is 18.9 Å². The summed E-state index contributed by atoms with van der Waals surface area (Å²) in [5.74, 6) is 0.191. The van der Waals surface area contributed by atoms with Gasteiger partial charge in [0.05, 0.1) is 11.5 Å². The van der Waals surface area contributed by atoms with E-state index in [0.29, 0.717) is 18.8 Å². The van der Waals surface area contributed by atoms with Crippen molar-refractivity contribution in [1.82, 2.24) is 10.3 Å². The number of aryl methyl sites for hydroxylation is 1. The van der Waals surface area contributed by atoms with E-state index in [2.05, 4.69) is 10.3 Å². The zero-order valence-corrected chi connectivity index (χ0v) is 14.2. The second-order valence-corrected chi connectivity index (χ2v) is 6.73. The van der Waals surface area contributed by atoms with E-state index in [9.17, 15) is 13.2 Å². The number of amides is 1. The minimum absolute atomic E-state index is 0.0503. The Kier molecular flexibility index (Phi) is 6.34. The fourth-order valence-corrected chi connectivity index (χ4v) is 2.89. The summed E-state index contributed by atoms with van der Waals surface area (Å²) in [5.41, 5.74) is 3.24. The molecule has 0 spiro atoms. The molecule has 0 unspecified atom stereocenters. The highest BCUT2D eigenvalue weighted by atomic mass is 32.2. The molecule has 0 bridgehead atoms. The van der Waals surface area contributed by atoms with Gasteiger partial charge in [-0.15, -0.1) is 4.83 Å². The van der Waals surface area contributed by atoms with Gasteiger partial charge in [0.15, 0.2) is 0 Å². The van der Waals surface area contributed by atoms with E-state index in [1.807, 2.05) is 37.3 Å². The van der Waals surface area contributed by atoms with Crippen molar-refractivity contribution in [1.29, 1.82) is 0 Å². The van der Waals surface area contributed by atoms with E-state index >= 15 is 0 Å². The Morgan fingerprint density at radius 3 is 2.33 bits per heavy atom. The molecule has 2 N–H and O–H groups in total. The van der Waals surface area contributed by atoms with Gasteiger partial charge >= 0.3 is 0 Å². The van der Waals surface area contributed by atoms with Crippen molar-refractivity contribution in [3.05, 3.63) is 60.2 Å². The maximum Gasteiger partial charge on any atom is 0.257 e. The van der Waals surface area contributed by atoms with Crippen LogP contribution in [-0.4, -0.2) is 20.9 Å². The number of hydrogen-bond donors (Lipinski definition) is 2. The number of hydrogen-bond acceptors (Lipinski definition) is 4. The van der Waals surface area contributed by atoms with Crippen LogP contribution in [0.15, 0.2) is 59.5 Å². The van der Waals surface area contributed by atoms with E-state index in [1.54, 1.807) is 12.1 Å². The number of ether oxygens (including phenoxy) is 1. The van der Waals surface area contributed by atoms with Crippen molar-refractivity contribution in [2.75, 3.05) is 6.61 Å². The first-order chi connectivity index (χ1) is 11.5. The molecule has 128 valence electrons. The van der Waals surface area contributed by atoms with E-state index in [4.69, 9.17) is 4.74 Å². The standard InChI is InChI=1S/C17H20N2O4S/c1-2-23-15-9-11-16(12-10-15)24(21,22)19-18-17(20)13-8-14-6-4-3-5-7-14/h3-7,9-12,19H,2,8,13H2,1H3,(H,18,20). The normalized spacial score (nSPS) is 11.0. The lowest BCUT2D eigenvalue weighted by Gasteiger charge is -2.09. The molecule has 0 radical (unpaired) electrons. The maximum atomic E-state index is 12.1. The molecule has 6 nitrogen and oxygen atoms in total. The Morgan fingerprint density at radius 1 is 1.04 bits per heavy atom. The monoisotopic (exact) mass is 348 g/mol. The molecule has 0 saturated heterocycles. The average molecular weight is 348 g/mol. The van der Waals surface area contributed by atoms with E-state index in [0.717, 1.165) is 5.56 Å². The summed E-state index contributed by atoms with van der Waals surface area (Å²) in [7, 11) is -3.81. The van der Waals surface area contributed by atoms with Crippen LogP contribution in [0.4, 0.5) is 0 Å². The number of carbonyl (C=O) groups is 1. The van der Waals surface area contributed by atoms with Crippen LogP contribution < -0.4 is 15.0 Å². The predicted molar refractivity (Wildman–Crippen MR) is 90.8 cm³/mol. The molecule has 0 aromatic heterocycles. The van der Waals surface area contributed by atoms with Gasteiger partial charge in [0, 0.05) is 6.42 Å². The lowest BCUT2D eigenvalue weighted by atomic mass is 10.1. The van der Waals surface area contributed by atoms with Gasteiger partial charge in [0.1, 0.15) is 5.75 Å². The fourth-order valence-electron chi connectivity index (χ4n) is 2.03. The van der Waals surface area contributed by atoms with Crippen molar-refractivity contribution in [3.63, 3.8) is 0 Å². The SMILES string of the molecule is CCOc1ccc(S(=O)(=O)NNC(=O)CCc2ccccc2)cc1. The summed E-state index contributed by atoms with van der Waals surface area (Å²) in [6.45, 7) is 2.35. The molecule has 2 aromatic rings. The topological polar surface area (TPSA) is 84.5 Å². The molecule has 2 aromatic carbocycles. The third-order valence-corrected chi connectivity index (χ3v) is 4.52. The molecule has 0 aliphatic heterocycles. The van der Waals surface area contributed by atoms with Crippen molar-refractivity contribution < 1.29 is 17.9 Å². The van der Waals surface area contributed by atoms with Gasteiger partial charge in [0.25, 0.3) is 10.0 Å². The summed E-state index contributed by atoms with van der Waals surface area (Å²) >= 11 is 0. The fraction of sp³-hybridized carbons (Fsp3) is 0.235. The summed E-state index contributed by atoms with van der Waals surface area (Å²) in [4.78, 5) is 13.9. The lowest BCUT2D eigenvalue weighted by molar-refractivity contribution is -0.121. The van der Waals surface area contributed by atoms with Gasteiger partial charge < -0.3 is 4.74 Å². The first kappa shape index (κ1) is 18.0. The van der Waals surface area contributed by atoms with E-state index in [1.165, 1.54) is 12.1 Å². The van der Waals surface area contributed by atoms with Crippen LogP contribution in [0.3, 0.4) is 0 Å². The third kappa shape index (κ3) is 5.36. The van der Waals surface area contributed by atoms with Gasteiger partial charge in [0.2, 0.25) is 5.91 Å². The van der Waals surface area contributed by atoms with Gasteiger partial charge in [-0.05, 0) is 43.2 Å². The summed E-state index contributed by atoms with van der Waals surface area (Å²) in [6.07, 6.45) is 0.729. The first-order valence-electron chi connectivity index (χ1n) is 7.58. The average Bonchev–Trinajstić information content (AvgIpc) is 2.60. The molecule has 0 aliphatic carbocycles. The van der Waals surface area contributed by atoms with Crippen LogP contribution in [0.2, 0.25) is 0 Å². The van der Waals surface area contributed by atoms with Crippen LogP contribution >= 0.6 is 0 Å². The van der Waals surface area contributed by atoms with E-state index in [-0.39, 0.29) is 11.3 Å².